The van der Waals surface area contributed by atoms with Gasteiger partial charge in [-0.1, -0.05) is 20.8 Å². The molecule has 2 nitrogen and oxygen atoms in total. The van der Waals surface area contributed by atoms with E-state index in [1.54, 1.807) is 12.1 Å². The van der Waals surface area contributed by atoms with Crippen LogP contribution in [0.3, 0.4) is 0 Å². The highest BCUT2D eigenvalue weighted by atomic mass is 19.1. The SMILES string of the molecule is CCC(N)Cc1cc(F)ccc1OC1CCC(C)C(C)C1. The minimum Gasteiger partial charge on any atom is -0.490 e. The quantitative estimate of drug-likeness (QED) is 0.878. The number of hydrogen-bond donors (Lipinski definition) is 1. The topological polar surface area (TPSA) is 35.2 Å². The molecule has 0 bridgehead atoms. The molecule has 0 saturated heterocycles. The lowest BCUT2D eigenvalue weighted by Gasteiger charge is -2.32. The molecule has 1 saturated carbocycles. The fraction of sp³-hybridized carbons (Fsp3) is 0.667. The number of nitrogens with two attached hydrogens (primary N) is 1. The molecule has 0 spiro atoms. The lowest BCUT2D eigenvalue weighted by molar-refractivity contribution is 0.0995. The van der Waals surface area contributed by atoms with Gasteiger partial charge in [0.1, 0.15) is 11.6 Å². The zero-order valence-corrected chi connectivity index (χ0v) is 13.4. The van der Waals surface area contributed by atoms with E-state index in [0.717, 1.165) is 36.5 Å². The molecule has 3 heteroatoms. The molecule has 2 rings (SSSR count). The monoisotopic (exact) mass is 293 g/mol. The summed E-state index contributed by atoms with van der Waals surface area (Å²) in [5.74, 6) is 2.05. The largest absolute Gasteiger partial charge is 0.490 e. The van der Waals surface area contributed by atoms with Crippen molar-refractivity contribution < 1.29 is 9.13 Å². The van der Waals surface area contributed by atoms with Gasteiger partial charge in [0.2, 0.25) is 0 Å². The van der Waals surface area contributed by atoms with Crippen LogP contribution in [-0.4, -0.2) is 12.1 Å². The van der Waals surface area contributed by atoms with E-state index in [-0.39, 0.29) is 18.0 Å². The van der Waals surface area contributed by atoms with Crippen molar-refractivity contribution in [3.63, 3.8) is 0 Å². The Bertz CT molecular complexity index is 463. The summed E-state index contributed by atoms with van der Waals surface area (Å²) < 4.78 is 19.7. The molecular weight excluding hydrogens is 265 g/mol. The average Bonchev–Trinajstić information content (AvgIpc) is 2.45. The van der Waals surface area contributed by atoms with Crippen LogP contribution in [0.5, 0.6) is 5.75 Å². The second-order valence-corrected chi connectivity index (χ2v) is 6.63. The molecule has 0 heterocycles. The highest BCUT2D eigenvalue weighted by Crippen LogP contribution is 2.33. The van der Waals surface area contributed by atoms with Crippen LogP contribution in [0.4, 0.5) is 4.39 Å². The minimum atomic E-state index is -0.216. The summed E-state index contributed by atoms with van der Waals surface area (Å²) in [6.07, 6.45) is 5.17. The van der Waals surface area contributed by atoms with Crippen LogP contribution in [0.25, 0.3) is 0 Å². The number of rotatable bonds is 5. The fourth-order valence-electron chi connectivity index (χ4n) is 3.03. The Balaban J connectivity index is 2.08. The summed E-state index contributed by atoms with van der Waals surface area (Å²) in [6.45, 7) is 6.65. The van der Waals surface area contributed by atoms with Gasteiger partial charge in [0.15, 0.2) is 0 Å². The van der Waals surface area contributed by atoms with Crippen molar-refractivity contribution in [1.82, 2.24) is 0 Å². The van der Waals surface area contributed by atoms with Gasteiger partial charge in [0.05, 0.1) is 6.10 Å². The number of hydrogen-bond acceptors (Lipinski definition) is 2. The van der Waals surface area contributed by atoms with Crippen molar-refractivity contribution in [3.05, 3.63) is 29.6 Å². The summed E-state index contributed by atoms with van der Waals surface area (Å²) in [6, 6.07) is 4.86. The fourth-order valence-corrected chi connectivity index (χ4v) is 3.03. The third kappa shape index (κ3) is 4.44. The third-order valence-electron chi connectivity index (χ3n) is 4.87. The van der Waals surface area contributed by atoms with E-state index in [9.17, 15) is 4.39 Å². The Morgan fingerprint density at radius 2 is 2.05 bits per heavy atom. The maximum Gasteiger partial charge on any atom is 0.123 e. The van der Waals surface area contributed by atoms with Gasteiger partial charge in [-0.05, 0) is 67.7 Å². The molecule has 4 atom stereocenters. The van der Waals surface area contributed by atoms with Gasteiger partial charge in [-0.25, -0.2) is 4.39 Å². The number of ether oxygens (including phenoxy) is 1. The first-order valence-electron chi connectivity index (χ1n) is 8.20. The third-order valence-corrected chi connectivity index (χ3v) is 4.87. The summed E-state index contributed by atoms with van der Waals surface area (Å²) in [5.41, 5.74) is 6.92. The maximum absolute atomic E-state index is 13.5. The van der Waals surface area contributed by atoms with Crippen LogP contribution >= 0.6 is 0 Å². The second kappa shape index (κ2) is 7.26. The standard InChI is InChI=1S/C18H28FNO/c1-4-16(20)11-14-10-15(19)6-8-18(14)21-17-7-5-12(2)13(3)9-17/h6,8,10,12-13,16-17H,4-5,7,9,11,20H2,1-3H3. The number of benzene rings is 1. The molecular formula is C18H28FNO. The Morgan fingerprint density at radius 1 is 1.29 bits per heavy atom. The Hall–Kier alpha value is -1.09. The smallest absolute Gasteiger partial charge is 0.123 e. The highest BCUT2D eigenvalue weighted by molar-refractivity contribution is 5.35. The second-order valence-electron chi connectivity index (χ2n) is 6.63. The summed E-state index contributed by atoms with van der Waals surface area (Å²) in [4.78, 5) is 0. The summed E-state index contributed by atoms with van der Waals surface area (Å²) >= 11 is 0. The van der Waals surface area contributed by atoms with Gasteiger partial charge >= 0.3 is 0 Å². The van der Waals surface area contributed by atoms with Gasteiger partial charge in [-0.3, -0.25) is 0 Å². The first-order valence-corrected chi connectivity index (χ1v) is 8.20. The van der Waals surface area contributed by atoms with E-state index < -0.39 is 0 Å². The highest BCUT2D eigenvalue weighted by Gasteiger charge is 2.26. The Labute approximate surface area is 127 Å². The molecule has 0 amide bonds. The van der Waals surface area contributed by atoms with Gasteiger partial charge in [0.25, 0.3) is 0 Å². The molecule has 118 valence electrons. The minimum absolute atomic E-state index is 0.0550. The first-order chi connectivity index (χ1) is 9.99. The molecule has 1 aromatic carbocycles. The van der Waals surface area contributed by atoms with Gasteiger partial charge in [-0.2, -0.15) is 0 Å². The van der Waals surface area contributed by atoms with Gasteiger partial charge < -0.3 is 10.5 Å². The van der Waals surface area contributed by atoms with Crippen molar-refractivity contribution in [3.8, 4) is 5.75 Å². The van der Waals surface area contributed by atoms with E-state index in [0.29, 0.717) is 12.3 Å². The van der Waals surface area contributed by atoms with Crippen LogP contribution in [0.2, 0.25) is 0 Å². The Morgan fingerprint density at radius 3 is 2.71 bits per heavy atom. The molecule has 2 N–H and O–H groups in total. The van der Waals surface area contributed by atoms with Gasteiger partial charge in [-0.15, -0.1) is 0 Å². The molecule has 1 aliphatic rings. The zero-order chi connectivity index (χ0) is 15.4. The van der Waals surface area contributed by atoms with E-state index in [4.69, 9.17) is 10.5 Å². The molecule has 1 aromatic rings. The molecule has 0 radical (unpaired) electrons. The van der Waals surface area contributed by atoms with Gasteiger partial charge in [0, 0.05) is 6.04 Å². The van der Waals surface area contributed by atoms with Crippen molar-refractivity contribution in [2.75, 3.05) is 0 Å². The van der Waals surface area contributed by atoms with E-state index in [1.165, 1.54) is 12.5 Å². The van der Waals surface area contributed by atoms with Crippen LogP contribution in [0.15, 0.2) is 18.2 Å². The van der Waals surface area contributed by atoms with E-state index >= 15 is 0 Å². The molecule has 4 unspecified atom stereocenters. The normalized spacial score (nSPS) is 27.4. The van der Waals surface area contributed by atoms with Crippen LogP contribution in [0, 0.1) is 17.7 Å². The van der Waals surface area contributed by atoms with Crippen molar-refractivity contribution in [2.45, 2.75) is 65.0 Å². The van der Waals surface area contributed by atoms with Crippen LogP contribution in [-0.2, 0) is 6.42 Å². The zero-order valence-electron chi connectivity index (χ0n) is 13.4. The van der Waals surface area contributed by atoms with Crippen molar-refractivity contribution in [2.24, 2.45) is 17.6 Å². The van der Waals surface area contributed by atoms with Crippen LogP contribution < -0.4 is 10.5 Å². The molecule has 0 aromatic heterocycles. The molecule has 1 fully saturated rings. The lowest BCUT2D eigenvalue weighted by atomic mass is 9.80. The maximum atomic E-state index is 13.5. The average molecular weight is 293 g/mol. The summed E-state index contributed by atoms with van der Waals surface area (Å²) in [7, 11) is 0. The Kier molecular flexibility index (Phi) is 5.63. The lowest BCUT2D eigenvalue weighted by Crippen LogP contribution is -2.29. The number of halogens is 1. The molecule has 21 heavy (non-hydrogen) atoms. The van der Waals surface area contributed by atoms with E-state index in [1.807, 2.05) is 0 Å². The molecule has 1 aliphatic carbocycles. The summed E-state index contributed by atoms with van der Waals surface area (Å²) in [5, 5.41) is 0. The first kappa shape index (κ1) is 16.3. The van der Waals surface area contributed by atoms with Crippen molar-refractivity contribution >= 4 is 0 Å². The predicted octanol–water partition coefficient (Wildman–Crippen LogP) is 4.31. The van der Waals surface area contributed by atoms with Crippen molar-refractivity contribution in [1.29, 1.82) is 0 Å². The molecule has 0 aliphatic heterocycles. The predicted molar refractivity (Wildman–Crippen MR) is 85.0 cm³/mol. The van der Waals surface area contributed by atoms with E-state index in [2.05, 4.69) is 20.8 Å². The van der Waals surface area contributed by atoms with Crippen LogP contribution in [0.1, 0.15) is 52.0 Å².